The van der Waals surface area contributed by atoms with Crippen molar-refractivity contribution in [2.24, 2.45) is 4.99 Å². The number of rotatable bonds is 6. The van der Waals surface area contributed by atoms with Crippen molar-refractivity contribution in [3.8, 4) is 0 Å². The second-order valence-electron chi connectivity index (χ2n) is 5.51. The molecule has 0 heterocycles. The van der Waals surface area contributed by atoms with Gasteiger partial charge in [0, 0.05) is 5.41 Å². The third kappa shape index (κ3) is 7.77. The molecule has 110 valence electrons. The number of hydrogen-bond donors (Lipinski definition) is 0. The quantitative estimate of drug-likeness (QED) is 0.554. The summed E-state index contributed by atoms with van der Waals surface area (Å²) in [6, 6.07) is -0.594. The Balaban J connectivity index is 4.67. The van der Waals surface area contributed by atoms with Crippen LogP contribution in [-0.4, -0.2) is 38.0 Å². The maximum atomic E-state index is 11.6. The Labute approximate surface area is 115 Å². The molecule has 0 saturated carbocycles. The summed E-state index contributed by atoms with van der Waals surface area (Å²) in [6.45, 7) is 11.8. The summed E-state index contributed by atoms with van der Waals surface area (Å²) in [5, 5.41) is 0.581. The van der Waals surface area contributed by atoms with E-state index >= 15 is 0 Å². The minimum Gasteiger partial charge on any atom is -0.460 e. The van der Waals surface area contributed by atoms with E-state index in [1.165, 1.54) is 6.08 Å². The van der Waals surface area contributed by atoms with Crippen molar-refractivity contribution >= 4 is 22.5 Å². The van der Waals surface area contributed by atoms with E-state index in [1.807, 2.05) is 0 Å². The third-order valence-corrected chi connectivity index (χ3v) is 4.03. The van der Waals surface area contributed by atoms with Crippen molar-refractivity contribution in [1.29, 1.82) is 0 Å². The summed E-state index contributed by atoms with van der Waals surface area (Å²) in [6.07, 6.45) is 1.34. The normalized spacial score (nSPS) is 14.6. The molecule has 0 aliphatic rings. The van der Waals surface area contributed by atoms with Gasteiger partial charge in [-0.25, -0.2) is 8.42 Å². The Morgan fingerprint density at radius 3 is 2.26 bits per heavy atom. The number of aliphatic imine (C=N–C) groups is 1. The molecule has 0 rings (SSSR count). The molecule has 5 nitrogen and oxygen atoms in total. The predicted molar refractivity (Wildman–Crippen MR) is 77.0 cm³/mol. The number of nitrogens with zero attached hydrogens (tertiary/aromatic N) is 1. The molecule has 0 N–H and O–H groups in total. The smallest absolute Gasteiger partial charge is 0.308 e. The Bertz CT molecular complexity index is 444. The van der Waals surface area contributed by atoms with Crippen LogP contribution >= 0.6 is 0 Å². The van der Waals surface area contributed by atoms with Gasteiger partial charge in [0.1, 0.15) is 5.60 Å². The molecule has 0 unspecified atom stereocenters. The van der Waals surface area contributed by atoms with E-state index in [1.54, 1.807) is 34.6 Å². The van der Waals surface area contributed by atoms with E-state index in [-0.39, 0.29) is 6.42 Å². The molecule has 0 aliphatic carbocycles. The van der Waals surface area contributed by atoms with Gasteiger partial charge in [0.25, 0.3) is 0 Å². The van der Waals surface area contributed by atoms with Crippen LogP contribution in [0.15, 0.2) is 16.5 Å². The molecular weight excluding hydrogens is 266 g/mol. The second kappa shape index (κ2) is 6.84. The fourth-order valence-corrected chi connectivity index (χ4v) is 1.82. The van der Waals surface area contributed by atoms with Crippen LogP contribution in [0.2, 0.25) is 0 Å². The van der Waals surface area contributed by atoms with Crippen LogP contribution in [0, 0.1) is 0 Å². The van der Waals surface area contributed by atoms with Crippen molar-refractivity contribution in [3.63, 3.8) is 0 Å². The fraction of sp³-hybridized carbons (Fsp3) is 0.692. The van der Waals surface area contributed by atoms with Crippen molar-refractivity contribution in [2.45, 2.75) is 57.9 Å². The first-order valence-corrected chi connectivity index (χ1v) is 7.68. The van der Waals surface area contributed by atoms with Crippen LogP contribution in [0.4, 0.5) is 0 Å². The van der Waals surface area contributed by atoms with Gasteiger partial charge in [-0.1, -0.05) is 0 Å². The lowest BCUT2D eigenvalue weighted by molar-refractivity contribution is -0.154. The molecule has 0 aromatic carbocycles. The zero-order valence-electron chi connectivity index (χ0n) is 12.2. The standard InChI is InChI=1S/C13H23NO4S/c1-10(2)19(16,17)8-7-11(14-6)9-12(15)18-13(3,4)5/h7-8,10-11H,6,9H2,1-5H3/b8-7+/t11-/m1/s1. The van der Waals surface area contributed by atoms with Gasteiger partial charge < -0.3 is 4.74 Å². The highest BCUT2D eigenvalue weighted by molar-refractivity contribution is 7.94. The van der Waals surface area contributed by atoms with Crippen molar-refractivity contribution < 1.29 is 17.9 Å². The van der Waals surface area contributed by atoms with Crippen LogP contribution < -0.4 is 0 Å². The first-order chi connectivity index (χ1) is 8.48. The van der Waals surface area contributed by atoms with Gasteiger partial charge in [0.05, 0.1) is 17.7 Å². The van der Waals surface area contributed by atoms with E-state index in [4.69, 9.17) is 4.74 Å². The lowest BCUT2D eigenvalue weighted by Crippen LogP contribution is -2.25. The zero-order valence-corrected chi connectivity index (χ0v) is 13.0. The molecule has 1 atom stereocenters. The van der Waals surface area contributed by atoms with Gasteiger partial charge in [0.15, 0.2) is 9.84 Å². The summed E-state index contributed by atoms with van der Waals surface area (Å²) in [7, 11) is -3.29. The molecule has 0 bridgehead atoms. The highest BCUT2D eigenvalue weighted by atomic mass is 32.2. The van der Waals surface area contributed by atoms with Crippen LogP contribution in [0.3, 0.4) is 0 Å². The molecule has 19 heavy (non-hydrogen) atoms. The number of hydrogen-bond acceptors (Lipinski definition) is 5. The number of sulfone groups is 1. The maximum absolute atomic E-state index is 11.6. The molecule has 0 saturated heterocycles. The fourth-order valence-electron chi connectivity index (χ4n) is 1.10. The number of esters is 1. The van der Waals surface area contributed by atoms with E-state index in [0.717, 1.165) is 5.41 Å². The molecule has 6 heteroatoms. The maximum Gasteiger partial charge on any atom is 0.308 e. The van der Waals surface area contributed by atoms with Crippen LogP contribution in [-0.2, 0) is 19.4 Å². The molecule has 0 amide bonds. The molecule has 0 aromatic heterocycles. The summed E-state index contributed by atoms with van der Waals surface area (Å²) >= 11 is 0. The average molecular weight is 289 g/mol. The van der Waals surface area contributed by atoms with E-state index in [2.05, 4.69) is 11.7 Å². The second-order valence-corrected chi connectivity index (χ2v) is 7.90. The summed E-state index contributed by atoms with van der Waals surface area (Å²) in [5.74, 6) is -0.434. The first-order valence-electron chi connectivity index (χ1n) is 6.07. The van der Waals surface area contributed by atoms with Crippen LogP contribution in [0.1, 0.15) is 41.0 Å². The molecular formula is C13H23NO4S. The van der Waals surface area contributed by atoms with Crippen LogP contribution in [0.5, 0.6) is 0 Å². The van der Waals surface area contributed by atoms with Gasteiger partial charge in [-0.15, -0.1) is 0 Å². The Hall–Kier alpha value is -1.17. The topological polar surface area (TPSA) is 72.8 Å². The minimum atomic E-state index is -3.29. The van der Waals surface area contributed by atoms with Gasteiger partial charge in [-0.2, -0.15) is 0 Å². The number of ether oxygens (including phenoxy) is 1. The Morgan fingerprint density at radius 1 is 1.37 bits per heavy atom. The molecule has 0 radical (unpaired) electrons. The van der Waals surface area contributed by atoms with E-state index in [9.17, 15) is 13.2 Å². The van der Waals surface area contributed by atoms with E-state index in [0.29, 0.717) is 0 Å². The first kappa shape index (κ1) is 17.8. The van der Waals surface area contributed by atoms with Gasteiger partial charge in [-0.05, 0) is 47.4 Å². The van der Waals surface area contributed by atoms with Crippen molar-refractivity contribution in [2.75, 3.05) is 0 Å². The lowest BCUT2D eigenvalue weighted by atomic mass is 10.2. The van der Waals surface area contributed by atoms with E-state index < -0.39 is 32.7 Å². The largest absolute Gasteiger partial charge is 0.460 e. The number of carbonyl (C=O) groups is 1. The minimum absolute atomic E-state index is 0.0229. The van der Waals surface area contributed by atoms with Crippen molar-refractivity contribution in [3.05, 3.63) is 11.5 Å². The number of carbonyl (C=O) groups excluding carboxylic acids is 1. The molecule has 0 aliphatic heterocycles. The SMILES string of the molecule is C=N[C@H](/C=C/S(=O)(=O)C(C)C)CC(=O)OC(C)(C)C. The molecule has 0 spiro atoms. The third-order valence-electron chi connectivity index (χ3n) is 2.18. The average Bonchev–Trinajstić information content (AvgIpc) is 2.21. The highest BCUT2D eigenvalue weighted by Crippen LogP contribution is 2.12. The molecule has 0 fully saturated rings. The highest BCUT2D eigenvalue weighted by Gasteiger charge is 2.19. The van der Waals surface area contributed by atoms with Gasteiger partial charge >= 0.3 is 5.97 Å². The summed E-state index contributed by atoms with van der Waals surface area (Å²) in [4.78, 5) is 15.3. The summed E-state index contributed by atoms with van der Waals surface area (Å²) < 4.78 is 28.3. The van der Waals surface area contributed by atoms with Crippen LogP contribution in [0.25, 0.3) is 0 Å². The molecule has 0 aromatic rings. The Kier molecular flexibility index (Phi) is 6.42. The van der Waals surface area contributed by atoms with Gasteiger partial charge in [-0.3, -0.25) is 9.79 Å². The Morgan fingerprint density at radius 2 is 1.89 bits per heavy atom. The lowest BCUT2D eigenvalue weighted by Gasteiger charge is -2.20. The monoisotopic (exact) mass is 289 g/mol. The summed E-state index contributed by atoms with van der Waals surface area (Å²) in [5.41, 5.74) is -0.573. The predicted octanol–water partition coefficient (Wildman–Crippen LogP) is 2.12. The zero-order chi connectivity index (χ0) is 15.3. The van der Waals surface area contributed by atoms with Gasteiger partial charge in [0.2, 0.25) is 0 Å². The van der Waals surface area contributed by atoms with Crippen molar-refractivity contribution in [1.82, 2.24) is 0 Å².